The molecule has 17 heavy (non-hydrogen) atoms. The second-order valence-electron chi connectivity index (χ2n) is 4.62. The molecular weight excluding hydrogens is 306 g/mol. The van der Waals surface area contributed by atoms with Crippen molar-refractivity contribution in [3.05, 3.63) is 11.9 Å². The Balaban J connectivity index is 2.02. The number of sulfonamides is 1. The minimum absolute atomic E-state index is 0.175. The molecule has 2 rings (SSSR count). The number of nitrogens with zero attached hydrogens (tertiary/aromatic N) is 1. The summed E-state index contributed by atoms with van der Waals surface area (Å²) in [6.07, 6.45) is 4.57. The van der Waals surface area contributed by atoms with Crippen LogP contribution in [0.5, 0.6) is 0 Å². The Morgan fingerprint density at radius 3 is 2.76 bits per heavy atom. The van der Waals surface area contributed by atoms with Gasteiger partial charge in [-0.25, -0.2) is 13.1 Å². The van der Waals surface area contributed by atoms with Gasteiger partial charge in [0.15, 0.2) is 0 Å². The van der Waals surface area contributed by atoms with Crippen LogP contribution in [-0.2, 0) is 10.0 Å². The highest BCUT2D eigenvalue weighted by Gasteiger charge is 2.42. The van der Waals surface area contributed by atoms with E-state index in [0.717, 1.165) is 24.6 Å². The van der Waals surface area contributed by atoms with Crippen molar-refractivity contribution >= 4 is 26.0 Å². The van der Waals surface area contributed by atoms with E-state index in [-0.39, 0.29) is 10.3 Å². The van der Waals surface area contributed by atoms with Gasteiger partial charge in [0.25, 0.3) is 0 Å². The van der Waals surface area contributed by atoms with Crippen molar-refractivity contribution in [2.24, 2.45) is 5.41 Å². The largest absolute Gasteiger partial charge is 0.281 e. The summed E-state index contributed by atoms with van der Waals surface area (Å²) in [5, 5.41) is 7.28. The molecule has 96 valence electrons. The Bertz CT molecular complexity index is 493. The number of halogens is 1. The van der Waals surface area contributed by atoms with Gasteiger partial charge in [-0.1, -0.05) is 15.9 Å². The Morgan fingerprint density at radius 2 is 2.29 bits per heavy atom. The van der Waals surface area contributed by atoms with E-state index in [0.29, 0.717) is 12.2 Å². The van der Waals surface area contributed by atoms with Gasteiger partial charge in [-0.2, -0.15) is 5.10 Å². The number of hydrogen-bond donors (Lipinski definition) is 2. The molecular formula is C10H16BrN3O2S. The van der Waals surface area contributed by atoms with E-state index in [1.807, 2.05) is 0 Å². The van der Waals surface area contributed by atoms with Crippen LogP contribution in [0.2, 0.25) is 0 Å². The Kier molecular flexibility index (Phi) is 3.61. The minimum atomic E-state index is -3.42. The second-order valence-corrected chi connectivity index (χ2v) is 7.15. The van der Waals surface area contributed by atoms with Crippen molar-refractivity contribution in [3.8, 4) is 0 Å². The Labute approximate surface area is 110 Å². The molecule has 2 N–H and O–H groups in total. The van der Waals surface area contributed by atoms with Crippen LogP contribution in [-0.4, -0.2) is 30.5 Å². The molecule has 0 atom stereocenters. The molecule has 1 fully saturated rings. The molecule has 0 spiro atoms. The molecule has 1 aromatic heterocycles. The average molecular weight is 322 g/mol. The maximum absolute atomic E-state index is 12.0. The summed E-state index contributed by atoms with van der Waals surface area (Å²) in [6.45, 7) is 2.22. The molecule has 1 aromatic rings. The van der Waals surface area contributed by atoms with Gasteiger partial charge in [0.2, 0.25) is 10.0 Å². The first-order valence-electron chi connectivity index (χ1n) is 5.55. The first kappa shape index (κ1) is 13.0. The van der Waals surface area contributed by atoms with E-state index in [9.17, 15) is 8.42 Å². The Hall–Kier alpha value is -0.400. The van der Waals surface area contributed by atoms with Crippen LogP contribution in [0.3, 0.4) is 0 Å². The van der Waals surface area contributed by atoms with Gasteiger partial charge in [0.1, 0.15) is 4.90 Å². The van der Waals surface area contributed by atoms with Crippen LogP contribution < -0.4 is 4.72 Å². The Morgan fingerprint density at radius 1 is 1.59 bits per heavy atom. The number of nitrogens with one attached hydrogen (secondary N) is 2. The van der Waals surface area contributed by atoms with E-state index in [1.165, 1.54) is 6.20 Å². The number of aromatic nitrogens is 2. The summed E-state index contributed by atoms with van der Waals surface area (Å²) < 4.78 is 26.7. The van der Waals surface area contributed by atoms with Gasteiger partial charge in [0.05, 0.1) is 11.9 Å². The fraction of sp³-hybridized carbons (Fsp3) is 0.700. The molecule has 7 heteroatoms. The lowest BCUT2D eigenvalue weighted by molar-refractivity contribution is 0.480. The summed E-state index contributed by atoms with van der Waals surface area (Å²) in [5.74, 6) is 0. The normalized spacial score (nSPS) is 18.2. The molecule has 0 bridgehead atoms. The van der Waals surface area contributed by atoms with Crippen LogP contribution >= 0.6 is 15.9 Å². The third kappa shape index (κ3) is 2.89. The fourth-order valence-corrected chi connectivity index (χ4v) is 3.96. The van der Waals surface area contributed by atoms with Crippen LogP contribution in [0.15, 0.2) is 11.1 Å². The molecule has 1 aliphatic rings. The maximum atomic E-state index is 12.0. The van der Waals surface area contributed by atoms with E-state index in [1.54, 1.807) is 6.92 Å². The molecule has 1 aliphatic carbocycles. The molecule has 0 unspecified atom stereocenters. The number of H-pyrrole nitrogens is 1. The summed E-state index contributed by atoms with van der Waals surface area (Å²) >= 11 is 3.40. The number of aryl methyl sites for hydroxylation is 1. The molecule has 0 saturated heterocycles. The molecule has 0 radical (unpaired) electrons. The second kappa shape index (κ2) is 4.70. The zero-order valence-electron chi connectivity index (χ0n) is 9.66. The fourth-order valence-electron chi connectivity index (χ4n) is 1.83. The highest BCUT2D eigenvalue weighted by molar-refractivity contribution is 9.09. The molecule has 0 aliphatic heterocycles. The van der Waals surface area contributed by atoms with Crippen molar-refractivity contribution in [1.29, 1.82) is 0 Å². The van der Waals surface area contributed by atoms with Crippen LogP contribution in [0.4, 0.5) is 0 Å². The zero-order valence-corrected chi connectivity index (χ0v) is 12.1. The van der Waals surface area contributed by atoms with Crippen LogP contribution in [0.25, 0.3) is 0 Å². The topological polar surface area (TPSA) is 74.8 Å². The van der Waals surface area contributed by atoms with E-state index >= 15 is 0 Å². The summed E-state index contributed by atoms with van der Waals surface area (Å²) in [5.41, 5.74) is 0.747. The van der Waals surface area contributed by atoms with Crippen molar-refractivity contribution in [1.82, 2.24) is 14.9 Å². The standard InChI is InChI=1S/C10H16BrN3O2S/c1-8-9(6-12-14-8)17(15,16)13-7-10(2-3-10)4-5-11/h6,13H,2-5,7H2,1H3,(H,12,14). The van der Waals surface area contributed by atoms with Gasteiger partial charge < -0.3 is 0 Å². The number of aromatic amines is 1. The number of alkyl halides is 1. The highest BCUT2D eigenvalue weighted by Crippen LogP contribution is 2.48. The minimum Gasteiger partial charge on any atom is -0.281 e. The summed E-state index contributed by atoms with van der Waals surface area (Å²) in [6, 6.07) is 0. The summed E-state index contributed by atoms with van der Waals surface area (Å²) in [4.78, 5) is 0.243. The van der Waals surface area contributed by atoms with Crippen molar-refractivity contribution in [2.75, 3.05) is 11.9 Å². The predicted molar refractivity (Wildman–Crippen MR) is 68.6 cm³/mol. The third-order valence-corrected chi connectivity index (χ3v) is 5.20. The maximum Gasteiger partial charge on any atom is 0.243 e. The van der Waals surface area contributed by atoms with Gasteiger partial charge >= 0.3 is 0 Å². The zero-order chi connectivity index (χ0) is 12.5. The molecule has 1 saturated carbocycles. The van der Waals surface area contributed by atoms with E-state index < -0.39 is 10.0 Å². The highest BCUT2D eigenvalue weighted by atomic mass is 79.9. The van der Waals surface area contributed by atoms with Crippen molar-refractivity contribution < 1.29 is 8.42 Å². The SMILES string of the molecule is Cc1[nH]ncc1S(=O)(=O)NCC1(CCBr)CC1. The predicted octanol–water partition coefficient (Wildman–Crippen LogP) is 1.56. The monoisotopic (exact) mass is 321 g/mol. The van der Waals surface area contributed by atoms with Gasteiger partial charge in [-0.05, 0) is 31.6 Å². The lowest BCUT2D eigenvalue weighted by atomic mass is 10.1. The lowest BCUT2D eigenvalue weighted by Crippen LogP contribution is -2.30. The lowest BCUT2D eigenvalue weighted by Gasteiger charge is -2.14. The van der Waals surface area contributed by atoms with Gasteiger partial charge in [-0.3, -0.25) is 5.10 Å². The quantitative estimate of drug-likeness (QED) is 0.781. The average Bonchev–Trinajstić information content (AvgIpc) is 2.89. The number of rotatable bonds is 6. The van der Waals surface area contributed by atoms with Gasteiger partial charge in [0, 0.05) is 11.9 Å². The third-order valence-electron chi connectivity index (χ3n) is 3.29. The van der Waals surface area contributed by atoms with Crippen molar-refractivity contribution in [3.63, 3.8) is 0 Å². The van der Waals surface area contributed by atoms with Gasteiger partial charge in [-0.15, -0.1) is 0 Å². The first-order chi connectivity index (χ1) is 7.99. The van der Waals surface area contributed by atoms with Crippen LogP contribution in [0, 0.1) is 12.3 Å². The van der Waals surface area contributed by atoms with E-state index in [4.69, 9.17) is 0 Å². The molecule has 1 heterocycles. The molecule has 5 nitrogen and oxygen atoms in total. The first-order valence-corrected chi connectivity index (χ1v) is 8.15. The van der Waals surface area contributed by atoms with Crippen molar-refractivity contribution in [2.45, 2.75) is 31.1 Å². The molecule has 0 aromatic carbocycles. The summed E-state index contributed by atoms with van der Waals surface area (Å²) in [7, 11) is -3.42. The molecule has 0 amide bonds. The number of hydrogen-bond acceptors (Lipinski definition) is 3. The van der Waals surface area contributed by atoms with E-state index in [2.05, 4.69) is 30.8 Å². The van der Waals surface area contributed by atoms with Crippen LogP contribution in [0.1, 0.15) is 25.0 Å². The smallest absolute Gasteiger partial charge is 0.243 e.